The Hall–Kier alpha value is -2.37. The van der Waals surface area contributed by atoms with Crippen LogP contribution in [0.3, 0.4) is 0 Å². The van der Waals surface area contributed by atoms with Gasteiger partial charge in [-0.05, 0) is 42.4 Å². The van der Waals surface area contributed by atoms with E-state index in [1.165, 1.54) is 0 Å². The molecular formula is C21H27NO5. The van der Waals surface area contributed by atoms with Crippen molar-refractivity contribution in [3.05, 3.63) is 23.8 Å². The first kappa shape index (κ1) is 19.4. The van der Waals surface area contributed by atoms with Crippen molar-refractivity contribution in [3.63, 3.8) is 0 Å². The molecule has 0 aliphatic heterocycles. The van der Waals surface area contributed by atoms with Gasteiger partial charge in [0.15, 0.2) is 11.5 Å². The Bertz CT molecular complexity index is 815. The highest BCUT2D eigenvalue weighted by molar-refractivity contribution is 6.48. The van der Waals surface area contributed by atoms with Crippen LogP contribution in [0.1, 0.15) is 39.2 Å². The van der Waals surface area contributed by atoms with Crippen LogP contribution in [0.25, 0.3) is 0 Å². The Morgan fingerprint density at radius 3 is 2.26 bits per heavy atom. The van der Waals surface area contributed by atoms with Crippen LogP contribution >= 0.6 is 0 Å². The van der Waals surface area contributed by atoms with Crippen molar-refractivity contribution in [2.45, 2.75) is 40.0 Å². The van der Waals surface area contributed by atoms with E-state index in [1.54, 1.807) is 14.2 Å². The number of rotatable bonds is 6. The Morgan fingerprint density at radius 2 is 1.70 bits per heavy atom. The summed E-state index contributed by atoms with van der Waals surface area (Å²) in [7, 11) is 3.15. The average molecular weight is 373 g/mol. The molecule has 0 saturated heterocycles. The Balaban J connectivity index is 1.72. The summed E-state index contributed by atoms with van der Waals surface area (Å²) in [4.78, 5) is 38.2. The predicted molar refractivity (Wildman–Crippen MR) is 99.8 cm³/mol. The number of carbonyl (C=O) groups is 3. The van der Waals surface area contributed by atoms with Crippen LogP contribution in [0, 0.1) is 16.2 Å². The molecule has 1 aromatic carbocycles. The molecule has 0 aromatic heterocycles. The number of ketones is 2. The lowest BCUT2D eigenvalue weighted by molar-refractivity contribution is -0.149. The maximum absolute atomic E-state index is 13.0. The summed E-state index contributed by atoms with van der Waals surface area (Å²) >= 11 is 0. The Labute approximate surface area is 159 Å². The summed E-state index contributed by atoms with van der Waals surface area (Å²) in [5, 5.41) is 2.90. The van der Waals surface area contributed by atoms with Crippen molar-refractivity contribution >= 4 is 17.5 Å². The Kier molecular flexibility index (Phi) is 4.57. The largest absolute Gasteiger partial charge is 0.493 e. The smallest absolute Gasteiger partial charge is 0.234 e. The van der Waals surface area contributed by atoms with E-state index >= 15 is 0 Å². The molecule has 1 aromatic rings. The van der Waals surface area contributed by atoms with E-state index < -0.39 is 27.8 Å². The number of nitrogens with one attached hydrogen (secondary N) is 1. The second-order valence-electron chi connectivity index (χ2n) is 8.22. The van der Waals surface area contributed by atoms with Gasteiger partial charge in [0.1, 0.15) is 5.41 Å². The first-order valence-corrected chi connectivity index (χ1v) is 9.24. The van der Waals surface area contributed by atoms with Gasteiger partial charge in [0.05, 0.1) is 14.2 Å². The lowest BCUT2D eigenvalue weighted by atomic mass is 9.64. The molecule has 146 valence electrons. The predicted octanol–water partition coefficient (Wildman–Crippen LogP) is 2.33. The highest BCUT2D eigenvalue weighted by atomic mass is 16.5. The zero-order valence-corrected chi connectivity index (χ0v) is 16.6. The van der Waals surface area contributed by atoms with Crippen LogP contribution in [0.15, 0.2) is 18.2 Å². The minimum absolute atomic E-state index is 0.326. The van der Waals surface area contributed by atoms with Gasteiger partial charge in [0.2, 0.25) is 17.5 Å². The van der Waals surface area contributed by atoms with E-state index in [2.05, 4.69) is 5.32 Å². The standard InChI is InChI=1S/C21H27NO5/c1-19(2)20(3)9-10-21(19,17(24)16(20)23)18(25)22-11-8-13-6-7-14(26-4)15(12-13)27-5/h6-7,12H,8-11H2,1-5H3,(H,22,25)/t20-,21+/m0/s1. The maximum atomic E-state index is 13.0. The van der Waals surface area contributed by atoms with Crippen LogP contribution in [0.4, 0.5) is 0 Å². The third kappa shape index (κ3) is 2.42. The molecule has 2 aliphatic rings. The molecule has 0 spiro atoms. The molecule has 2 saturated carbocycles. The number of carbonyl (C=O) groups excluding carboxylic acids is 3. The number of methoxy groups -OCH3 is 2. The molecule has 2 bridgehead atoms. The summed E-state index contributed by atoms with van der Waals surface area (Å²) < 4.78 is 10.5. The fourth-order valence-corrected chi connectivity index (χ4v) is 4.78. The van der Waals surface area contributed by atoms with Gasteiger partial charge in [-0.25, -0.2) is 0 Å². The van der Waals surface area contributed by atoms with E-state index in [1.807, 2.05) is 39.0 Å². The highest BCUT2D eigenvalue weighted by Gasteiger charge is 2.77. The van der Waals surface area contributed by atoms with Crippen molar-refractivity contribution in [2.24, 2.45) is 16.2 Å². The van der Waals surface area contributed by atoms with Crippen molar-refractivity contribution in [2.75, 3.05) is 20.8 Å². The van der Waals surface area contributed by atoms with Crippen LogP contribution in [0.5, 0.6) is 11.5 Å². The van der Waals surface area contributed by atoms with Gasteiger partial charge in [-0.1, -0.05) is 26.8 Å². The molecule has 0 radical (unpaired) electrons. The van der Waals surface area contributed by atoms with Crippen molar-refractivity contribution in [3.8, 4) is 11.5 Å². The molecule has 6 nitrogen and oxygen atoms in total. The van der Waals surface area contributed by atoms with Crippen LogP contribution in [-0.2, 0) is 20.8 Å². The first-order valence-electron chi connectivity index (χ1n) is 9.24. The number of hydrogen-bond acceptors (Lipinski definition) is 5. The zero-order chi connectivity index (χ0) is 20.0. The van der Waals surface area contributed by atoms with Gasteiger partial charge in [-0.3, -0.25) is 14.4 Å². The number of fused-ring (bicyclic) bond motifs is 2. The molecular weight excluding hydrogens is 346 g/mol. The normalized spacial score (nSPS) is 28.3. The van der Waals surface area contributed by atoms with Crippen LogP contribution < -0.4 is 14.8 Å². The second-order valence-corrected chi connectivity index (χ2v) is 8.22. The SMILES string of the molecule is COc1ccc(CCNC(=O)[C@@]23CC[C@@](C)(C(=O)C2=O)C3(C)C)cc1OC. The molecule has 0 heterocycles. The van der Waals surface area contributed by atoms with E-state index in [4.69, 9.17) is 9.47 Å². The van der Waals surface area contributed by atoms with E-state index in [0.717, 1.165) is 5.56 Å². The van der Waals surface area contributed by atoms with E-state index in [-0.39, 0.29) is 5.91 Å². The van der Waals surface area contributed by atoms with Gasteiger partial charge < -0.3 is 14.8 Å². The van der Waals surface area contributed by atoms with Gasteiger partial charge >= 0.3 is 0 Å². The fraction of sp³-hybridized carbons (Fsp3) is 0.571. The summed E-state index contributed by atoms with van der Waals surface area (Å²) in [6.07, 6.45) is 1.60. The molecule has 2 aliphatic carbocycles. The molecule has 0 unspecified atom stereocenters. The van der Waals surface area contributed by atoms with E-state index in [0.29, 0.717) is 37.3 Å². The van der Waals surface area contributed by atoms with Crippen molar-refractivity contribution in [1.82, 2.24) is 5.32 Å². The van der Waals surface area contributed by atoms with Gasteiger partial charge in [0, 0.05) is 12.0 Å². The minimum Gasteiger partial charge on any atom is -0.493 e. The second kappa shape index (κ2) is 6.36. The van der Waals surface area contributed by atoms with Crippen molar-refractivity contribution in [1.29, 1.82) is 0 Å². The third-order valence-electron chi connectivity index (χ3n) is 7.08. The van der Waals surface area contributed by atoms with Crippen LogP contribution in [0.2, 0.25) is 0 Å². The van der Waals surface area contributed by atoms with Crippen LogP contribution in [-0.4, -0.2) is 38.2 Å². The summed E-state index contributed by atoms with van der Waals surface area (Å²) in [6.45, 7) is 5.94. The molecule has 6 heteroatoms. The Morgan fingerprint density at radius 1 is 1.04 bits per heavy atom. The quantitative estimate of drug-likeness (QED) is 0.611. The molecule has 27 heavy (non-hydrogen) atoms. The monoisotopic (exact) mass is 373 g/mol. The zero-order valence-electron chi connectivity index (χ0n) is 16.6. The highest BCUT2D eigenvalue weighted by Crippen LogP contribution is 2.68. The number of benzene rings is 1. The number of Topliss-reactive ketones (excluding diaryl/α,β-unsaturated/α-hetero) is 2. The molecule has 3 rings (SSSR count). The molecule has 2 atom stereocenters. The fourth-order valence-electron chi connectivity index (χ4n) is 4.78. The number of hydrogen-bond donors (Lipinski definition) is 1. The van der Waals surface area contributed by atoms with Crippen molar-refractivity contribution < 1.29 is 23.9 Å². The van der Waals surface area contributed by atoms with Gasteiger partial charge in [-0.2, -0.15) is 0 Å². The lowest BCUT2D eigenvalue weighted by Gasteiger charge is -2.37. The molecule has 2 fully saturated rings. The topological polar surface area (TPSA) is 81.7 Å². The molecule has 1 N–H and O–H groups in total. The number of ether oxygens (including phenoxy) is 2. The summed E-state index contributed by atoms with van der Waals surface area (Å²) in [5.74, 6) is 0.0293. The summed E-state index contributed by atoms with van der Waals surface area (Å²) in [5.41, 5.74) is -1.68. The summed E-state index contributed by atoms with van der Waals surface area (Å²) in [6, 6.07) is 5.59. The van der Waals surface area contributed by atoms with Gasteiger partial charge in [0.25, 0.3) is 0 Å². The molecule has 1 amide bonds. The maximum Gasteiger partial charge on any atom is 0.234 e. The minimum atomic E-state index is -1.24. The average Bonchev–Trinajstić information content (AvgIpc) is 2.93. The van der Waals surface area contributed by atoms with E-state index in [9.17, 15) is 14.4 Å². The van der Waals surface area contributed by atoms with Gasteiger partial charge in [-0.15, -0.1) is 0 Å². The lowest BCUT2D eigenvalue weighted by Crippen LogP contribution is -2.51. The number of amides is 1. The third-order valence-corrected chi connectivity index (χ3v) is 7.08. The first-order chi connectivity index (χ1) is 12.7.